The van der Waals surface area contributed by atoms with Crippen molar-refractivity contribution in [2.75, 3.05) is 5.32 Å². The molecular weight excluding hydrogens is 478 g/mol. The summed E-state index contributed by atoms with van der Waals surface area (Å²) >= 11 is 5.92. The maximum absolute atomic E-state index is 15.1. The molecule has 3 aromatic rings. The fourth-order valence-electron chi connectivity index (χ4n) is 4.40. The highest BCUT2D eigenvalue weighted by atomic mass is 35.5. The van der Waals surface area contributed by atoms with Crippen molar-refractivity contribution < 1.29 is 23.1 Å². The third kappa shape index (κ3) is 4.91. The molecule has 182 valence electrons. The molecule has 0 radical (unpaired) electrons. The topological polar surface area (TPSA) is 93.2 Å². The number of rotatable bonds is 6. The minimum Gasteiger partial charge on any atom is -0.487 e. The Kier molecular flexibility index (Phi) is 6.27. The van der Waals surface area contributed by atoms with Gasteiger partial charge in [-0.1, -0.05) is 11.6 Å². The summed E-state index contributed by atoms with van der Waals surface area (Å²) in [6.07, 6.45) is 2.95. The van der Waals surface area contributed by atoms with Crippen molar-refractivity contribution in [2.45, 2.75) is 50.4 Å². The number of carbonyl (C=O) groups is 2. The molecule has 2 heterocycles. The largest absolute Gasteiger partial charge is 0.487 e. The van der Waals surface area contributed by atoms with Crippen LogP contribution in [0.4, 0.5) is 14.5 Å². The van der Waals surface area contributed by atoms with E-state index in [1.54, 1.807) is 24.5 Å². The fourth-order valence-corrected chi connectivity index (χ4v) is 4.55. The van der Waals surface area contributed by atoms with Crippen molar-refractivity contribution >= 4 is 40.0 Å². The normalized spacial score (nSPS) is 22.9. The van der Waals surface area contributed by atoms with E-state index in [0.717, 1.165) is 0 Å². The molecule has 2 saturated carbocycles. The van der Waals surface area contributed by atoms with Crippen LogP contribution >= 0.6 is 11.6 Å². The molecule has 7 nitrogen and oxygen atoms in total. The van der Waals surface area contributed by atoms with Crippen molar-refractivity contribution in [3.05, 3.63) is 59.8 Å². The van der Waals surface area contributed by atoms with Crippen LogP contribution in [0.15, 0.2) is 48.8 Å². The molecule has 3 unspecified atom stereocenters. The van der Waals surface area contributed by atoms with Gasteiger partial charge in [-0.05, 0) is 56.0 Å². The number of hydrogen-bond acceptors (Lipinski definition) is 5. The van der Waals surface area contributed by atoms with E-state index in [1.807, 2.05) is 0 Å². The number of aromatic nitrogens is 2. The Balaban J connectivity index is 1.18. The van der Waals surface area contributed by atoms with Gasteiger partial charge in [0, 0.05) is 36.6 Å². The molecule has 10 heteroatoms. The predicted octanol–water partition coefficient (Wildman–Crippen LogP) is 4.60. The Morgan fingerprint density at radius 2 is 1.86 bits per heavy atom. The van der Waals surface area contributed by atoms with Crippen LogP contribution in [0.2, 0.25) is 5.15 Å². The zero-order valence-electron chi connectivity index (χ0n) is 18.6. The molecule has 0 aliphatic heterocycles. The predicted molar refractivity (Wildman–Crippen MR) is 126 cm³/mol. The van der Waals surface area contributed by atoms with Crippen molar-refractivity contribution in [3.8, 4) is 5.75 Å². The lowest BCUT2D eigenvalue weighted by Gasteiger charge is -2.33. The van der Waals surface area contributed by atoms with Crippen LogP contribution in [0.5, 0.6) is 5.75 Å². The highest BCUT2D eigenvalue weighted by Gasteiger charge is 2.57. The smallest absolute Gasteiger partial charge is 0.240 e. The first-order valence-corrected chi connectivity index (χ1v) is 11.8. The Labute approximate surface area is 205 Å². The number of ether oxygens (including phenoxy) is 1. The van der Waals surface area contributed by atoms with E-state index in [9.17, 15) is 14.0 Å². The van der Waals surface area contributed by atoms with Crippen LogP contribution in [-0.4, -0.2) is 40.1 Å². The second-order valence-corrected chi connectivity index (χ2v) is 9.42. The summed E-state index contributed by atoms with van der Waals surface area (Å²) in [5, 5.41) is 6.48. The lowest BCUT2D eigenvalue weighted by atomic mass is 9.90. The standard InChI is InChI=1S/C25H23ClF2N4O3/c26-22-12-19-17(13-30-22)20(7-10-29-19)35-21-6-5-16(11-18(21)28)32-24(34)25(8-9-25)23(33)31-15-3-1-14(27)2-4-15/h1-4,7,10,12-13,16,18,21H,5-6,8-9,11H2,(H,31,33)(H,32,34). The van der Waals surface area contributed by atoms with Crippen LogP contribution in [0.3, 0.4) is 0 Å². The minimum atomic E-state index is -1.30. The highest BCUT2D eigenvalue weighted by molar-refractivity contribution is 6.30. The number of anilines is 1. The van der Waals surface area contributed by atoms with E-state index in [1.165, 1.54) is 24.3 Å². The molecule has 0 bridgehead atoms. The Morgan fingerprint density at radius 3 is 2.57 bits per heavy atom. The molecule has 2 aromatic heterocycles. The first kappa shape index (κ1) is 23.4. The average molecular weight is 501 g/mol. The van der Waals surface area contributed by atoms with Gasteiger partial charge in [-0.25, -0.2) is 13.8 Å². The third-order valence-electron chi connectivity index (χ3n) is 6.60. The number of nitrogens with one attached hydrogen (secondary N) is 2. The van der Waals surface area contributed by atoms with E-state index < -0.39 is 41.4 Å². The first-order valence-electron chi connectivity index (χ1n) is 11.4. The summed E-state index contributed by atoms with van der Waals surface area (Å²) in [6.45, 7) is 0. The number of pyridine rings is 2. The quantitative estimate of drug-likeness (QED) is 0.381. The maximum atomic E-state index is 15.1. The molecule has 2 aliphatic rings. The number of nitrogens with zero attached hydrogens (tertiary/aromatic N) is 2. The summed E-state index contributed by atoms with van der Waals surface area (Å²) in [6, 6.07) is 8.22. The minimum absolute atomic E-state index is 0.0825. The molecule has 2 fully saturated rings. The molecule has 0 saturated heterocycles. The molecule has 35 heavy (non-hydrogen) atoms. The zero-order valence-corrected chi connectivity index (χ0v) is 19.4. The van der Waals surface area contributed by atoms with Gasteiger partial charge in [0.1, 0.15) is 34.4 Å². The van der Waals surface area contributed by atoms with E-state index in [2.05, 4.69) is 20.6 Å². The number of halogens is 3. The van der Waals surface area contributed by atoms with Crippen LogP contribution in [0.1, 0.15) is 32.1 Å². The maximum Gasteiger partial charge on any atom is 0.240 e. The van der Waals surface area contributed by atoms with Gasteiger partial charge in [0.15, 0.2) is 0 Å². The molecule has 2 amide bonds. The summed E-state index contributed by atoms with van der Waals surface area (Å²) in [5.74, 6) is -0.783. The SMILES string of the molecule is O=C(Nc1ccc(F)cc1)C1(C(=O)NC2CCC(Oc3ccnc4cc(Cl)ncc34)C(F)C2)CC1. The number of carbonyl (C=O) groups excluding carboxylic acids is 2. The Morgan fingerprint density at radius 1 is 1.09 bits per heavy atom. The number of hydrogen-bond donors (Lipinski definition) is 2. The van der Waals surface area contributed by atoms with Crippen molar-refractivity contribution in [3.63, 3.8) is 0 Å². The van der Waals surface area contributed by atoms with Crippen LogP contribution < -0.4 is 15.4 Å². The van der Waals surface area contributed by atoms with Gasteiger partial charge in [-0.2, -0.15) is 0 Å². The highest BCUT2D eigenvalue weighted by Crippen LogP contribution is 2.47. The van der Waals surface area contributed by atoms with E-state index in [4.69, 9.17) is 16.3 Å². The lowest BCUT2D eigenvalue weighted by Crippen LogP contribution is -2.49. The van der Waals surface area contributed by atoms with Gasteiger partial charge in [-0.15, -0.1) is 0 Å². The Bertz CT molecular complexity index is 1270. The molecule has 1 aromatic carbocycles. The van der Waals surface area contributed by atoms with Crippen LogP contribution in [-0.2, 0) is 9.59 Å². The third-order valence-corrected chi connectivity index (χ3v) is 6.81. The number of benzene rings is 1. The molecule has 2 aliphatic carbocycles. The van der Waals surface area contributed by atoms with Crippen molar-refractivity contribution in [2.24, 2.45) is 5.41 Å². The van der Waals surface area contributed by atoms with E-state index >= 15 is 4.39 Å². The van der Waals surface area contributed by atoms with Crippen LogP contribution in [0, 0.1) is 11.2 Å². The number of alkyl halides is 1. The van der Waals surface area contributed by atoms with Gasteiger partial charge in [0.2, 0.25) is 11.8 Å². The fraction of sp³-hybridized carbons (Fsp3) is 0.360. The van der Waals surface area contributed by atoms with Crippen molar-refractivity contribution in [1.29, 1.82) is 0 Å². The van der Waals surface area contributed by atoms with Gasteiger partial charge in [0.05, 0.1) is 10.9 Å². The van der Waals surface area contributed by atoms with Gasteiger partial charge in [-0.3, -0.25) is 14.6 Å². The molecular formula is C25H23ClF2N4O3. The second kappa shape index (κ2) is 9.37. The summed E-state index contributed by atoms with van der Waals surface area (Å²) in [4.78, 5) is 33.9. The monoisotopic (exact) mass is 500 g/mol. The van der Waals surface area contributed by atoms with E-state index in [-0.39, 0.29) is 6.42 Å². The van der Waals surface area contributed by atoms with Gasteiger partial charge < -0.3 is 15.4 Å². The molecule has 2 N–H and O–H groups in total. The van der Waals surface area contributed by atoms with Gasteiger partial charge in [0.25, 0.3) is 0 Å². The summed E-state index contributed by atoms with van der Waals surface area (Å²) in [5.41, 5.74) is -0.150. The molecule has 5 rings (SSSR count). The summed E-state index contributed by atoms with van der Waals surface area (Å²) in [7, 11) is 0. The van der Waals surface area contributed by atoms with E-state index in [0.29, 0.717) is 53.2 Å². The molecule has 3 atom stereocenters. The van der Waals surface area contributed by atoms with Crippen LogP contribution in [0.25, 0.3) is 10.9 Å². The summed E-state index contributed by atoms with van der Waals surface area (Å²) < 4.78 is 34.1. The Hall–Kier alpha value is -3.33. The number of fused-ring (bicyclic) bond motifs is 1. The average Bonchev–Trinajstić information content (AvgIpc) is 3.65. The van der Waals surface area contributed by atoms with Crippen molar-refractivity contribution in [1.82, 2.24) is 15.3 Å². The first-order chi connectivity index (χ1) is 16.8. The zero-order chi connectivity index (χ0) is 24.6. The lowest BCUT2D eigenvalue weighted by molar-refractivity contribution is -0.135. The van der Waals surface area contributed by atoms with Gasteiger partial charge >= 0.3 is 0 Å². The molecule has 0 spiro atoms. The number of amides is 2. The second-order valence-electron chi connectivity index (χ2n) is 9.03.